The maximum atomic E-state index is 11.3. The molecule has 0 radical (unpaired) electrons. The van der Waals surface area contributed by atoms with Crippen molar-refractivity contribution >= 4 is 23.5 Å². The number of carbonyl (C=O) groups excluding carboxylic acids is 2. The van der Waals surface area contributed by atoms with E-state index in [1.54, 1.807) is 7.05 Å². The van der Waals surface area contributed by atoms with Crippen LogP contribution >= 0.6 is 11.6 Å². The smallest absolute Gasteiger partial charge is 0.323 e. The fraction of sp³-hybridized carbons (Fsp3) is 0.778. The van der Waals surface area contributed by atoms with E-state index in [-0.39, 0.29) is 0 Å². The van der Waals surface area contributed by atoms with Crippen molar-refractivity contribution in [3.63, 3.8) is 0 Å². The predicted octanol–water partition coefficient (Wildman–Crippen LogP) is 1.44. The summed E-state index contributed by atoms with van der Waals surface area (Å²) in [4.78, 5) is 23.8. The molecule has 0 fully saturated rings. The van der Waals surface area contributed by atoms with Crippen LogP contribution in [-0.2, 0) is 4.79 Å². The molecule has 0 bridgehead atoms. The van der Waals surface area contributed by atoms with Crippen molar-refractivity contribution in [1.82, 2.24) is 10.2 Å². The Labute approximate surface area is 89.6 Å². The average Bonchev–Trinajstić information content (AvgIpc) is 2.02. The summed E-state index contributed by atoms with van der Waals surface area (Å²) < 4.78 is 0. The summed E-state index contributed by atoms with van der Waals surface area (Å²) in [7, 11) is 1.64. The lowest BCUT2D eigenvalue weighted by molar-refractivity contribution is -0.119. The molecule has 82 valence electrons. The summed E-state index contributed by atoms with van der Waals surface area (Å²) in [6.45, 7) is 6.12. The van der Waals surface area contributed by atoms with E-state index >= 15 is 0 Å². The summed E-state index contributed by atoms with van der Waals surface area (Å²) >= 11 is 5.50. The van der Waals surface area contributed by atoms with Crippen LogP contribution in [0.2, 0.25) is 0 Å². The summed E-state index contributed by atoms with van der Waals surface area (Å²) in [5, 5.41) is 1.51. The number of urea groups is 1. The first kappa shape index (κ1) is 13.2. The standard InChI is InChI=1S/C9H17ClN2O2/c1-6(2)5-12(4)9(14)11-8(13)7(3)10/h6-7H,5H2,1-4H3,(H,11,13,14). The Morgan fingerprint density at radius 1 is 1.36 bits per heavy atom. The summed E-state index contributed by atoms with van der Waals surface area (Å²) in [5.74, 6) is -0.0958. The topological polar surface area (TPSA) is 49.4 Å². The van der Waals surface area contributed by atoms with Gasteiger partial charge in [0.1, 0.15) is 5.38 Å². The molecule has 0 saturated heterocycles. The van der Waals surface area contributed by atoms with Crippen LogP contribution in [-0.4, -0.2) is 35.8 Å². The number of halogens is 1. The van der Waals surface area contributed by atoms with Crippen molar-refractivity contribution in [3.8, 4) is 0 Å². The highest BCUT2D eigenvalue weighted by Crippen LogP contribution is 1.97. The third-order valence-corrected chi connectivity index (χ3v) is 1.78. The zero-order valence-electron chi connectivity index (χ0n) is 9.00. The minimum absolute atomic E-state index is 0.370. The Morgan fingerprint density at radius 3 is 2.21 bits per heavy atom. The molecule has 3 amide bonds. The van der Waals surface area contributed by atoms with Crippen LogP contribution < -0.4 is 5.32 Å². The van der Waals surface area contributed by atoms with E-state index < -0.39 is 17.3 Å². The van der Waals surface area contributed by atoms with E-state index in [0.29, 0.717) is 12.5 Å². The molecule has 0 rings (SSSR count). The molecule has 1 N–H and O–H groups in total. The lowest BCUT2D eigenvalue weighted by atomic mass is 10.2. The van der Waals surface area contributed by atoms with Crippen LogP contribution in [0.5, 0.6) is 0 Å². The number of hydrogen-bond acceptors (Lipinski definition) is 2. The molecule has 0 heterocycles. The van der Waals surface area contributed by atoms with Crippen LogP contribution in [0.25, 0.3) is 0 Å². The molecule has 0 saturated carbocycles. The van der Waals surface area contributed by atoms with Gasteiger partial charge in [0.2, 0.25) is 5.91 Å². The molecule has 0 aromatic carbocycles. The van der Waals surface area contributed by atoms with E-state index in [1.807, 2.05) is 13.8 Å². The fourth-order valence-corrected chi connectivity index (χ4v) is 0.985. The first-order valence-corrected chi connectivity index (χ1v) is 4.98. The Hall–Kier alpha value is -0.770. The number of nitrogens with zero attached hydrogens (tertiary/aromatic N) is 1. The number of imide groups is 1. The Balaban J connectivity index is 4.02. The molecule has 0 aromatic rings. The van der Waals surface area contributed by atoms with Gasteiger partial charge in [-0.1, -0.05) is 13.8 Å². The van der Waals surface area contributed by atoms with Gasteiger partial charge < -0.3 is 4.90 Å². The Bertz CT molecular complexity index is 217. The van der Waals surface area contributed by atoms with Crippen molar-refractivity contribution < 1.29 is 9.59 Å². The molecule has 0 spiro atoms. The molecule has 4 nitrogen and oxygen atoms in total. The maximum Gasteiger partial charge on any atom is 0.323 e. The van der Waals surface area contributed by atoms with Crippen molar-refractivity contribution in [2.45, 2.75) is 26.1 Å². The quantitative estimate of drug-likeness (QED) is 0.732. The van der Waals surface area contributed by atoms with Gasteiger partial charge >= 0.3 is 6.03 Å². The van der Waals surface area contributed by atoms with Gasteiger partial charge in [-0.2, -0.15) is 0 Å². The lowest BCUT2D eigenvalue weighted by Crippen LogP contribution is -2.44. The van der Waals surface area contributed by atoms with Gasteiger partial charge in [-0.25, -0.2) is 4.79 Å². The summed E-state index contributed by atoms with van der Waals surface area (Å²) in [5.41, 5.74) is 0. The highest BCUT2D eigenvalue weighted by Gasteiger charge is 2.16. The summed E-state index contributed by atoms with van der Waals surface area (Å²) in [6, 6.07) is -0.406. The molecule has 0 aliphatic carbocycles. The first-order chi connectivity index (χ1) is 6.34. The van der Waals surface area contributed by atoms with Crippen LogP contribution in [0.3, 0.4) is 0 Å². The predicted molar refractivity (Wildman–Crippen MR) is 56.3 cm³/mol. The monoisotopic (exact) mass is 220 g/mol. The third kappa shape index (κ3) is 5.07. The van der Waals surface area contributed by atoms with Gasteiger partial charge in [0.15, 0.2) is 0 Å². The number of alkyl halides is 1. The second kappa shape index (κ2) is 5.86. The van der Waals surface area contributed by atoms with E-state index in [4.69, 9.17) is 11.6 Å². The molecule has 14 heavy (non-hydrogen) atoms. The number of rotatable bonds is 3. The van der Waals surface area contributed by atoms with Crippen molar-refractivity contribution in [1.29, 1.82) is 0 Å². The van der Waals surface area contributed by atoms with Crippen LogP contribution in [0.15, 0.2) is 0 Å². The minimum Gasteiger partial charge on any atom is -0.327 e. The minimum atomic E-state index is -0.689. The number of amides is 3. The molecular weight excluding hydrogens is 204 g/mol. The average molecular weight is 221 g/mol. The first-order valence-electron chi connectivity index (χ1n) is 4.54. The van der Waals surface area contributed by atoms with Gasteiger partial charge in [0.05, 0.1) is 0 Å². The largest absolute Gasteiger partial charge is 0.327 e. The highest BCUT2D eigenvalue weighted by molar-refractivity contribution is 6.31. The third-order valence-electron chi connectivity index (χ3n) is 1.58. The summed E-state index contributed by atoms with van der Waals surface area (Å²) in [6.07, 6.45) is 0. The van der Waals surface area contributed by atoms with E-state index in [0.717, 1.165) is 0 Å². The maximum absolute atomic E-state index is 11.3. The molecule has 1 atom stereocenters. The Kier molecular flexibility index (Phi) is 5.53. The van der Waals surface area contributed by atoms with Crippen molar-refractivity contribution in [2.24, 2.45) is 5.92 Å². The molecule has 0 aliphatic heterocycles. The van der Waals surface area contributed by atoms with Crippen LogP contribution in [0.4, 0.5) is 4.79 Å². The van der Waals surface area contributed by atoms with E-state index in [9.17, 15) is 9.59 Å². The second-order valence-corrected chi connectivity index (χ2v) is 4.34. The van der Waals surface area contributed by atoms with E-state index in [2.05, 4.69) is 5.32 Å². The second-order valence-electron chi connectivity index (χ2n) is 3.68. The van der Waals surface area contributed by atoms with E-state index in [1.165, 1.54) is 11.8 Å². The van der Waals surface area contributed by atoms with Gasteiger partial charge in [-0.15, -0.1) is 11.6 Å². The zero-order chi connectivity index (χ0) is 11.3. The highest BCUT2D eigenvalue weighted by atomic mass is 35.5. The Morgan fingerprint density at radius 2 is 1.86 bits per heavy atom. The van der Waals surface area contributed by atoms with Crippen molar-refractivity contribution in [3.05, 3.63) is 0 Å². The molecule has 5 heteroatoms. The van der Waals surface area contributed by atoms with Crippen molar-refractivity contribution in [2.75, 3.05) is 13.6 Å². The molecular formula is C9H17ClN2O2. The van der Waals surface area contributed by atoms with Crippen LogP contribution in [0, 0.1) is 5.92 Å². The molecule has 1 unspecified atom stereocenters. The van der Waals surface area contributed by atoms with Gasteiger partial charge in [-0.3, -0.25) is 10.1 Å². The molecule has 0 aliphatic rings. The SMILES string of the molecule is CC(C)CN(C)C(=O)NC(=O)C(C)Cl. The number of hydrogen-bond donors (Lipinski definition) is 1. The number of carbonyl (C=O) groups is 2. The zero-order valence-corrected chi connectivity index (χ0v) is 9.76. The van der Waals surface area contributed by atoms with Gasteiger partial charge in [0.25, 0.3) is 0 Å². The number of nitrogens with one attached hydrogen (secondary N) is 1. The lowest BCUT2D eigenvalue weighted by Gasteiger charge is -2.19. The normalized spacial score (nSPS) is 12.4. The van der Waals surface area contributed by atoms with Gasteiger partial charge in [-0.05, 0) is 12.8 Å². The fourth-order valence-electron chi connectivity index (χ4n) is 0.931. The van der Waals surface area contributed by atoms with Gasteiger partial charge in [0, 0.05) is 13.6 Å². The van der Waals surface area contributed by atoms with Crippen LogP contribution in [0.1, 0.15) is 20.8 Å². The molecule has 0 aromatic heterocycles.